The van der Waals surface area contributed by atoms with Crippen molar-refractivity contribution in [3.05, 3.63) is 40.7 Å². The van der Waals surface area contributed by atoms with E-state index in [1.165, 1.54) is 0 Å². The lowest BCUT2D eigenvalue weighted by Crippen LogP contribution is -2.37. The Hall–Kier alpha value is -3.46. The molecule has 2 N–H and O–H groups in total. The number of aromatic nitrogens is 3. The summed E-state index contributed by atoms with van der Waals surface area (Å²) in [4.78, 5) is 18.2. The van der Waals surface area contributed by atoms with Gasteiger partial charge in [-0.3, -0.25) is 4.98 Å². The number of pyridine rings is 1. The van der Waals surface area contributed by atoms with Gasteiger partial charge in [-0.2, -0.15) is 5.26 Å². The third kappa shape index (κ3) is 2.92. The van der Waals surface area contributed by atoms with Crippen LogP contribution < -0.4 is 10.6 Å². The Morgan fingerprint density at radius 1 is 1.19 bits per heavy atom. The maximum Gasteiger partial charge on any atom is 0.226 e. The molecule has 0 radical (unpaired) electrons. The van der Waals surface area contributed by atoms with Crippen molar-refractivity contribution >= 4 is 43.3 Å². The first-order valence-corrected chi connectivity index (χ1v) is 12.6. The van der Waals surface area contributed by atoms with Gasteiger partial charge in [0.25, 0.3) is 0 Å². The largest absolute Gasteiger partial charge is 0.389 e. The van der Waals surface area contributed by atoms with Crippen LogP contribution in [0, 0.1) is 23.0 Å². The molecule has 0 spiro atoms. The minimum absolute atomic E-state index is 0.0981. The van der Waals surface area contributed by atoms with E-state index in [2.05, 4.69) is 26.8 Å². The Balaban J connectivity index is 1.48. The molecule has 3 aromatic heterocycles. The molecule has 2 saturated heterocycles. The van der Waals surface area contributed by atoms with Gasteiger partial charge in [0.05, 0.1) is 35.4 Å². The summed E-state index contributed by atoms with van der Waals surface area (Å²) in [7, 11) is 2.13. The van der Waals surface area contributed by atoms with Crippen LogP contribution in [0.4, 0.5) is 19.7 Å². The zero-order valence-corrected chi connectivity index (χ0v) is 20.2. The highest BCUT2D eigenvalue weighted by Crippen LogP contribution is 2.45. The number of rotatable bonds is 2. The highest BCUT2D eigenvalue weighted by Gasteiger charge is 2.39. The number of nitrogens with two attached hydrogens (primary N) is 1. The molecule has 0 saturated carbocycles. The first kappa shape index (κ1) is 21.8. The van der Waals surface area contributed by atoms with Crippen LogP contribution in [-0.4, -0.2) is 52.1 Å². The number of anilines is 2. The quantitative estimate of drug-likeness (QED) is 0.437. The number of likely N-dealkylation sites (N-methyl/N-ethyl adjacent to an activating group) is 1. The molecule has 2 fully saturated rings. The molecule has 182 valence electrons. The second-order valence-electron chi connectivity index (χ2n) is 9.65. The van der Waals surface area contributed by atoms with Gasteiger partial charge in [-0.15, -0.1) is 11.3 Å². The fourth-order valence-electron chi connectivity index (χ4n) is 5.94. The summed E-state index contributed by atoms with van der Waals surface area (Å²) in [5.41, 5.74) is 8.05. The molecule has 3 aliphatic heterocycles. The van der Waals surface area contributed by atoms with Crippen molar-refractivity contribution in [2.24, 2.45) is 0 Å². The van der Waals surface area contributed by atoms with Gasteiger partial charge in [0.1, 0.15) is 16.6 Å². The first-order valence-electron chi connectivity index (χ1n) is 11.8. The summed E-state index contributed by atoms with van der Waals surface area (Å²) >= 11 is 0.960. The Kier molecular flexibility index (Phi) is 4.70. The van der Waals surface area contributed by atoms with Gasteiger partial charge in [0, 0.05) is 47.7 Å². The highest BCUT2D eigenvalue weighted by atomic mass is 32.1. The van der Waals surface area contributed by atoms with Gasteiger partial charge >= 0.3 is 0 Å². The van der Waals surface area contributed by atoms with Crippen LogP contribution >= 0.6 is 11.3 Å². The number of nitrogens with zero attached hydrogens (tertiary/aromatic N) is 6. The van der Waals surface area contributed by atoms with Crippen LogP contribution in [-0.2, 0) is 18.0 Å². The van der Waals surface area contributed by atoms with E-state index in [0.29, 0.717) is 29.0 Å². The maximum atomic E-state index is 16.5. The van der Waals surface area contributed by atoms with E-state index in [4.69, 9.17) is 15.5 Å². The Labute approximate surface area is 208 Å². The average Bonchev–Trinajstić information content (AvgIpc) is 3.58. The van der Waals surface area contributed by atoms with E-state index in [-0.39, 0.29) is 50.6 Å². The van der Waals surface area contributed by atoms with Crippen LogP contribution in [0.2, 0.25) is 0 Å². The van der Waals surface area contributed by atoms with Crippen molar-refractivity contribution in [2.75, 3.05) is 30.8 Å². The molecule has 7 rings (SSSR count). The van der Waals surface area contributed by atoms with E-state index >= 15 is 4.39 Å². The van der Waals surface area contributed by atoms with E-state index in [1.54, 1.807) is 6.20 Å². The van der Waals surface area contributed by atoms with Gasteiger partial charge in [-0.1, -0.05) is 0 Å². The summed E-state index contributed by atoms with van der Waals surface area (Å²) in [5, 5.41) is 10.7. The number of ether oxygens (including phenoxy) is 1. The Morgan fingerprint density at radius 3 is 2.83 bits per heavy atom. The molecule has 4 aromatic rings. The Bertz CT molecular complexity index is 1630. The molecule has 11 heteroatoms. The van der Waals surface area contributed by atoms with Crippen LogP contribution in [0.3, 0.4) is 0 Å². The number of fused-ring (bicyclic) bond motifs is 6. The zero-order chi connectivity index (χ0) is 24.7. The fourth-order valence-corrected chi connectivity index (χ4v) is 6.86. The maximum absolute atomic E-state index is 16.5. The summed E-state index contributed by atoms with van der Waals surface area (Å²) < 4.78 is 37.0. The molecule has 0 aliphatic carbocycles. The predicted octanol–water partition coefficient (Wildman–Crippen LogP) is 3.95. The molecule has 2 bridgehead atoms. The van der Waals surface area contributed by atoms with Crippen molar-refractivity contribution in [2.45, 2.75) is 38.1 Å². The normalized spacial score (nSPS) is 21.4. The fraction of sp³-hybridized carbons (Fsp3) is 0.360. The SMILES string of the molecule is CN1CCC2CC1CN2c1ncc2c3c(c(-c4ncc(F)c5sc(N)c(C#N)c45)c(F)c2n1)COC3. The van der Waals surface area contributed by atoms with Crippen LogP contribution in [0.25, 0.3) is 32.2 Å². The molecule has 3 aliphatic rings. The third-order valence-corrected chi connectivity index (χ3v) is 8.85. The minimum atomic E-state index is -0.601. The van der Waals surface area contributed by atoms with Crippen LogP contribution in [0.1, 0.15) is 29.5 Å². The number of piperidine rings is 1. The average molecular weight is 506 g/mol. The summed E-state index contributed by atoms with van der Waals surface area (Å²) in [6.45, 7) is 2.26. The first-order chi connectivity index (χ1) is 17.5. The van der Waals surface area contributed by atoms with Crippen molar-refractivity contribution in [3.8, 4) is 17.3 Å². The molecule has 1 aromatic carbocycles. The van der Waals surface area contributed by atoms with Gasteiger partial charge in [0.2, 0.25) is 5.95 Å². The van der Waals surface area contributed by atoms with Crippen molar-refractivity contribution in [1.82, 2.24) is 19.9 Å². The van der Waals surface area contributed by atoms with Gasteiger partial charge in [-0.25, -0.2) is 18.7 Å². The molecular weight excluding hydrogens is 484 g/mol. The zero-order valence-electron chi connectivity index (χ0n) is 19.4. The molecule has 0 amide bonds. The monoisotopic (exact) mass is 505 g/mol. The number of likely N-dealkylation sites (tertiary alicyclic amines) is 1. The summed E-state index contributed by atoms with van der Waals surface area (Å²) in [6.07, 6.45) is 4.78. The number of hydrogen-bond acceptors (Lipinski definition) is 9. The number of nitrogen functional groups attached to an aromatic ring is 1. The standard InChI is InChI=1S/C25H21F2N7OS/c1-33-3-2-11-4-12(33)8-34(11)25-31-6-14-15-9-35-10-16(15)18(20(27)21(14)32-25)22-19-13(5-28)24(29)36-23(19)17(26)7-30-22/h6-7,11-12H,2-4,8-10,29H2,1H3. The van der Waals surface area contributed by atoms with Crippen molar-refractivity contribution in [3.63, 3.8) is 0 Å². The lowest BCUT2D eigenvalue weighted by atomic mass is 9.94. The lowest BCUT2D eigenvalue weighted by Gasteiger charge is -2.28. The van der Waals surface area contributed by atoms with E-state index in [1.807, 2.05) is 6.07 Å². The predicted molar refractivity (Wildman–Crippen MR) is 132 cm³/mol. The smallest absolute Gasteiger partial charge is 0.226 e. The highest BCUT2D eigenvalue weighted by molar-refractivity contribution is 7.23. The van der Waals surface area contributed by atoms with E-state index in [9.17, 15) is 9.65 Å². The molecular formula is C25H21F2N7OS. The number of hydrogen-bond donors (Lipinski definition) is 1. The van der Waals surface area contributed by atoms with Crippen molar-refractivity contribution < 1.29 is 13.5 Å². The third-order valence-electron chi connectivity index (χ3n) is 7.82. The molecule has 6 heterocycles. The lowest BCUT2D eigenvalue weighted by molar-refractivity contribution is 0.135. The summed E-state index contributed by atoms with van der Waals surface area (Å²) in [5.74, 6) is -0.675. The second kappa shape index (κ2) is 7.77. The molecule has 36 heavy (non-hydrogen) atoms. The van der Waals surface area contributed by atoms with E-state index < -0.39 is 11.6 Å². The van der Waals surface area contributed by atoms with Gasteiger partial charge in [0.15, 0.2) is 11.6 Å². The van der Waals surface area contributed by atoms with E-state index in [0.717, 1.165) is 49.0 Å². The van der Waals surface area contributed by atoms with Crippen molar-refractivity contribution in [1.29, 1.82) is 5.26 Å². The molecule has 2 unspecified atom stereocenters. The van der Waals surface area contributed by atoms with Crippen LogP contribution in [0.5, 0.6) is 0 Å². The number of benzene rings is 1. The minimum Gasteiger partial charge on any atom is -0.389 e. The number of nitriles is 1. The van der Waals surface area contributed by atoms with Crippen LogP contribution in [0.15, 0.2) is 12.4 Å². The molecule has 8 nitrogen and oxygen atoms in total. The summed E-state index contributed by atoms with van der Waals surface area (Å²) in [6, 6.07) is 2.80. The molecule has 2 atom stereocenters. The topological polar surface area (TPSA) is 104 Å². The number of halogens is 2. The van der Waals surface area contributed by atoms with Gasteiger partial charge in [-0.05, 0) is 31.0 Å². The second-order valence-corrected chi connectivity index (χ2v) is 10.7. The number of thiophene rings is 1. The van der Waals surface area contributed by atoms with Gasteiger partial charge < -0.3 is 20.3 Å². The Morgan fingerprint density at radius 2 is 2.03 bits per heavy atom.